The van der Waals surface area contributed by atoms with E-state index >= 15 is 0 Å². The first kappa shape index (κ1) is 11.7. The van der Waals surface area contributed by atoms with Crippen LogP contribution < -0.4 is 10.6 Å². The van der Waals surface area contributed by atoms with Crippen molar-refractivity contribution in [2.45, 2.75) is 0 Å². The summed E-state index contributed by atoms with van der Waals surface area (Å²) in [5.74, 6) is 0.0646. The summed E-state index contributed by atoms with van der Waals surface area (Å²) in [4.78, 5) is 12.6. The third-order valence-corrected chi connectivity index (χ3v) is 4.22. The minimum Gasteiger partial charge on any atom is -0.380 e. The van der Waals surface area contributed by atoms with E-state index in [-0.39, 0.29) is 5.78 Å². The van der Waals surface area contributed by atoms with Crippen molar-refractivity contribution in [1.82, 2.24) is 0 Å². The van der Waals surface area contributed by atoms with Gasteiger partial charge in [0.2, 0.25) is 5.78 Å². The smallest absolute Gasteiger partial charge is 0.211 e. The molecule has 0 unspecified atom stereocenters. The van der Waals surface area contributed by atoms with E-state index in [4.69, 9.17) is 0 Å². The molecule has 2 N–H and O–H groups in total. The molecule has 0 fully saturated rings. The van der Waals surface area contributed by atoms with Gasteiger partial charge in [0.15, 0.2) is 0 Å². The zero-order valence-electron chi connectivity index (χ0n) is 10.5. The maximum absolute atomic E-state index is 12.6. The van der Waals surface area contributed by atoms with Crippen LogP contribution in [0, 0.1) is 0 Å². The second-order valence-corrected chi connectivity index (χ2v) is 5.81. The molecular formula is C16H11BrN2O. The summed E-state index contributed by atoms with van der Waals surface area (Å²) in [5, 5.41) is 6.59. The molecule has 0 bridgehead atoms. The summed E-state index contributed by atoms with van der Waals surface area (Å²) in [7, 11) is 0. The van der Waals surface area contributed by atoms with Crippen LogP contribution in [0.3, 0.4) is 0 Å². The Balaban J connectivity index is 1.87. The van der Waals surface area contributed by atoms with Gasteiger partial charge in [0, 0.05) is 39.1 Å². The molecule has 0 radical (unpaired) electrons. The van der Waals surface area contributed by atoms with Crippen molar-refractivity contribution < 1.29 is 4.79 Å². The van der Waals surface area contributed by atoms with Crippen LogP contribution >= 0.6 is 15.9 Å². The van der Waals surface area contributed by atoms with Gasteiger partial charge in [-0.05, 0) is 24.3 Å². The van der Waals surface area contributed by atoms with Crippen molar-refractivity contribution in [2.24, 2.45) is 0 Å². The molecule has 0 aromatic heterocycles. The number of carbonyl (C=O) groups is 1. The summed E-state index contributed by atoms with van der Waals surface area (Å²) in [6.07, 6.45) is 0. The predicted octanol–water partition coefficient (Wildman–Crippen LogP) is 3.89. The lowest BCUT2D eigenvalue weighted by Gasteiger charge is -2.04. The molecule has 0 atom stereocenters. The van der Waals surface area contributed by atoms with Crippen molar-refractivity contribution in [3.63, 3.8) is 0 Å². The normalized spacial score (nSPS) is 19.4. The summed E-state index contributed by atoms with van der Waals surface area (Å²) in [6, 6.07) is 13.8. The average molecular weight is 327 g/mol. The molecule has 2 aliphatic rings. The molecule has 2 heterocycles. The van der Waals surface area contributed by atoms with Gasteiger partial charge in [-0.1, -0.05) is 34.1 Å². The number of ketones is 1. The van der Waals surface area contributed by atoms with E-state index in [1.54, 1.807) is 0 Å². The Bertz CT molecular complexity index is 780. The Kier molecular flexibility index (Phi) is 2.47. The van der Waals surface area contributed by atoms with Crippen molar-refractivity contribution >= 4 is 38.7 Å². The molecule has 2 aromatic carbocycles. The van der Waals surface area contributed by atoms with Crippen LogP contribution in [-0.4, -0.2) is 12.3 Å². The Hall–Kier alpha value is -2.07. The maximum Gasteiger partial charge on any atom is 0.211 e. The summed E-state index contributed by atoms with van der Waals surface area (Å²) < 4.78 is 0.919. The molecule has 4 rings (SSSR count). The Morgan fingerprint density at radius 1 is 1.00 bits per heavy atom. The van der Waals surface area contributed by atoms with Crippen LogP contribution in [0.25, 0.3) is 5.57 Å². The molecule has 4 heteroatoms. The average Bonchev–Trinajstić information content (AvgIpc) is 3.01. The van der Waals surface area contributed by atoms with Crippen LogP contribution in [-0.2, 0) is 0 Å². The van der Waals surface area contributed by atoms with E-state index in [2.05, 4.69) is 26.6 Å². The van der Waals surface area contributed by atoms with Gasteiger partial charge in [-0.3, -0.25) is 4.79 Å². The predicted molar refractivity (Wildman–Crippen MR) is 83.9 cm³/mol. The third-order valence-electron chi connectivity index (χ3n) is 3.72. The standard InChI is InChI=1S/C16H11BrN2O/c17-9-5-6-14-11(7-9)16(20)15(19-14)12-8-18-13-4-2-1-3-10(12)13/h1-7,18-19H,8H2. The van der Waals surface area contributed by atoms with Crippen molar-refractivity contribution in [3.8, 4) is 0 Å². The fourth-order valence-corrected chi connectivity index (χ4v) is 3.12. The number of allylic oxidation sites excluding steroid dienone is 1. The quantitative estimate of drug-likeness (QED) is 0.721. The number of carbonyl (C=O) groups excluding carboxylic acids is 1. The lowest BCUT2D eigenvalue weighted by atomic mass is 10.0. The molecule has 0 saturated carbocycles. The lowest BCUT2D eigenvalue weighted by molar-refractivity contribution is 0.104. The number of Topliss-reactive ketones (excluding diaryl/α,β-unsaturated/α-hetero) is 1. The Morgan fingerprint density at radius 3 is 2.75 bits per heavy atom. The molecule has 3 nitrogen and oxygen atoms in total. The first-order valence-electron chi connectivity index (χ1n) is 6.42. The van der Waals surface area contributed by atoms with E-state index in [1.165, 1.54) is 0 Å². The fraction of sp³-hybridized carbons (Fsp3) is 0.0625. The van der Waals surface area contributed by atoms with Gasteiger partial charge in [-0.2, -0.15) is 0 Å². The summed E-state index contributed by atoms with van der Waals surface area (Å²) in [6.45, 7) is 0.683. The monoisotopic (exact) mass is 326 g/mol. The fourth-order valence-electron chi connectivity index (χ4n) is 2.75. The van der Waals surface area contributed by atoms with E-state index in [9.17, 15) is 4.79 Å². The molecule has 0 spiro atoms. The largest absolute Gasteiger partial charge is 0.380 e. The van der Waals surface area contributed by atoms with E-state index in [1.807, 2.05) is 42.5 Å². The van der Waals surface area contributed by atoms with Crippen LogP contribution in [0.4, 0.5) is 11.4 Å². The molecule has 2 aliphatic heterocycles. The van der Waals surface area contributed by atoms with E-state index in [0.717, 1.165) is 32.5 Å². The molecular weight excluding hydrogens is 316 g/mol. The number of hydrogen-bond acceptors (Lipinski definition) is 3. The van der Waals surface area contributed by atoms with Crippen LogP contribution in [0.15, 0.2) is 52.6 Å². The minimum absolute atomic E-state index is 0.0646. The highest BCUT2D eigenvalue weighted by atomic mass is 79.9. The number of para-hydroxylation sites is 1. The number of halogens is 1. The summed E-state index contributed by atoms with van der Waals surface area (Å²) >= 11 is 3.41. The number of anilines is 2. The van der Waals surface area contributed by atoms with Gasteiger partial charge < -0.3 is 10.6 Å². The molecule has 0 amide bonds. The number of nitrogens with one attached hydrogen (secondary N) is 2. The van der Waals surface area contributed by atoms with E-state index in [0.29, 0.717) is 12.2 Å². The maximum atomic E-state index is 12.6. The van der Waals surface area contributed by atoms with Gasteiger partial charge >= 0.3 is 0 Å². The topological polar surface area (TPSA) is 41.1 Å². The lowest BCUT2D eigenvalue weighted by Crippen LogP contribution is -2.06. The Morgan fingerprint density at radius 2 is 1.85 bits per heavy atom. The first-order chi connectivity index (χ1) is 9.74. The number of hydrogen-bond donors (Lipinski definition) is 2. The van der Waals surface area contributed by atoms with Crippen molar-refractivity contribution in [3.05, 3.63) is 63.8 Å². The molecule has 20 heavy (non-hydrogen) atoms. The molecule has 0 aliphatic carbocycles. The second-order valence-electron chi connectivity index (χ2n) is 4.90. The molecule has 98 valence electrons. The number of rotatable bonds is 0. The van der Waals surface area contributed by atoms with Gasteiger partial charge in [-0.15, -0.1) is 0 Å². The zero-order valence-corrected chi connectivity index (χ0v) is 12.1. The highest BCUT2D eigenvalue weighted by Crippen LogP contribution is 2.38. The SMILES string of the molecule is O=C1C(=C2CNc3ccccc32)Nc2ccc(Br)cc21. The molecule has 2 aromatic rings. The van der Waals surface area contributed by atoms with Gasteiger partial charge in [0.1, 0.15) is 0 Å². The van der Waals surface area contributed by atoms with Gasteiger partial charge in [0.05, 0.1) is 5.70 Å². The van der Waals surface area contributed by atoms with Crippen molar-refractivity contribution in [2.75, 3.05) is 17.2 Å². The second kappa shape index (κ2) is 4.21. The van der Waals surface area contributed by atoms with E-state index < -0.39 is 0 Å². The van der Waals surface area contributed by atoms with Gasteiger partial charge in [-0.25, -0.2) is 0 Å². The Labute approximate surface area is 124 Å². The van der Waals surface area contributed by atoms with Crippen LogP contribution in [0.5, 0.6) is 0 Å². The van der Waals surface area contributed by atoms with Crippen molar-refractivity contribution in [1.29, 1.82) is 0 Å². The van der Waals surface area contributed by atoms with Crippen LogP contribution in [0.1, 0.15) is 15.9 Å². The highest BCUT2D eigenvalue weighted by molar-refractivity contribution is 9.10. The number of benzene rings is 2. The van der Waals surface area contributed by atoms with Crippen LogP contribution in [0.2, 0.25) is 0 Å². The zero-order chi connectivity index (χ0) is 13.7. The minimum atomic E-state index is 0.0646. The first-order valence-corrected chi connectivity index (χ1v) is 7.21. The van der Waals surface area contributed by atoms with Gasteiger partial charge in [0.25, 0.3) is 0 Å². The highest BCUT2D eigenvalue weighted by Gasteiger charge is 2.30. The summed E-state index contributed by atoms with van der Waals surface area (Å²) in [5.41, 5.74) is 5.53. The number of fused-ring (bicyclic) bond motifs is 2. The molecule has 0 saturated heterocycles. The third kappa shape index (κ3) is 1.61.